The molecule has 1 saturated heterocycles. The van der Waals surface area contributed by atoms with Crippen molar-refractivity contribution in [1.82, 2.24) is 9.47 Å². The summed E-state index contributed by atoms with van der Waals surface area (Å²) in [6.45, 7) is 4.44. The molecule has 0 aromatic carbocycles. The van der Waals surface area contributed by atoms with Crippen molar-refractivity contribution in [2.75, 3.05) is 26.3 Å². The Morgan fingerprint density at radius 3 is 3.17 bits per heavy atom. The first-order valence-electron chi connectivity index (χ1n) is 6.43. The summed E-state index contributed by atoms with van der Waals surface area (Å²) in [5.74, 6) is 0.0233. The minimum atomic E-state index is -0.253. The predicted molar refractivity (Wildman–Crippen MR) is 67.5 cm³/mol. The van der Waals surface area contributed by atoms with Crippen LogP contribution >= 0.6 is 0 Å². The van der Waals surface area contributed by atoms with Gasteiger partial charge in [-0.15, -0.1) is 0 Å². The Labute approximate surface area is 107 Å². The zero-order valence-corrected chi connectivity index (χ0v) is 10.7. The number of rotatable bonds is 4. The maximum absolute atomic E-state index is 12.4. The highest BCUT2D eigenvalue weighted by molar-refractivity contribution is 5.92. The molecule has 1 atom stereocenters. The van der Waals surface area contributed by atoms with E-state index in [2.05, 4.69) is 6.92 Å². The summed E-state index contributed by atoms with van der Waals surface area (Å²) in [6.07, 6.45) is 2.68. The lowest BCUT2D eigenvalue weighted by atomic mass is 10.2. The predicted octanol–water partition coefficient (Wildman–Crippen LogP) is 0.731. The lowest BCUT2D eigenvalue weighted by Gasteiger charge is -2.32. The molecule has 1 aliphatic rings. The van der Waals surface area contributed by atoms with E-state index in [0.717, 1.165) is 18.7 Å². The number of aromatic nitrogens is 1. The van der Waals surface area contributed by atoms with Gasteiger partial charge in [-0.1, -0.05) is 6.92 Å². The molecule has 1 aromatic heterocycles. The van der Waals surface area contributed by atoms with Gasteiger partial charge in [-0.25, -0.2) is 0 Å². The first-order valence-corrected chi connectivity index (χ1v) is 6.43. The van der Waals surface area contributed by atoms with E-state index in [1.54, 1.807) is 4.90 Å². The van der Waals surface area contributed by atoms with Crippen LogP contribution < -0.4 is 0 Å². The van der Waals surface area contributed by atoms with Gasteiger partial charge in [-0.05, 0) is 18.6 Å². The number of nitrogens with zero attached hydrogens (tertiary/aromatic N) is 2. The smallest absolute Gasteiger partial charge is 0.270 e. The molecule has 0 aliphatic carbocycles. The summed E-state index contributed by atoms with van der Waals surface area (Å²) >= 11 is 0. The van der Waals surface area contributed by atoms with Gasteiger partial charge in [0.05, 0.1) is 19.3 Å². The summed E-state index contributed by atoms with van der Waals surface area (Å²) in [5, 5.41) is 9.09. The number of aryl methyl sites for hydroxylation is 1. The second-order valence-corrected chi connectivity index (χ2v) is 4.51. The van der Waals surface area contributed by atoms with Crippen LogP contribution in [0.5, 0.6) is 0 Å². The Kier molecular flexibility index (Phi) is 4.38. The van der Waals surface area contributed by atoms with Crippen LogP contribution in [-0.4, -0.2) is 52.9 Å². The van der Waals surface area contributed by atoms with E-state index in [4.69, 9.17) is 9.84 Å². The van der Waals surface area contributed by atoms with Gasteiger partial charge in [-0.3, -0.25) is 4.79 Å². The molecular formula is C13H20N2O3. The molecule has 0 saturated carbocycles. The minimum Gasteiger partial charge on any atom is -0.394 e. The number of aliphatic hydroxyl groups excluding tert-OH is 1. The summed E-state index contributed by atoms with van der Waals surface area (Å²) in [5.41, 5.74) is 0.718. The minimum absolute atomic E-state index is 0.0233. The van der Waals surface area contributed by atoms with Crippen molar-refractivity contribution in [2.45, 2.75) is 26.0 Å². The van der Waals surface area contributed by atoms with Gasteiger partial charge in [0.2, 0.25) is 0 Å². The van der Waals surface area contributed by atoms with E-state index in [1.807, 2.05) is 22.9 Å². The molecule has 5 heteroatoms. The van der Waals surface area contributed by atoms with Crippen LogP contribution in [0.4, 0.5) is 0 Å². The molecule has 1 N–H and O–H groups in total. The summed E-state index contributed by atoms with van der Waals surface area (Å²) < 4.78 is 7.33. The maximum Gasteiger partial charge on any atom is 0.270 e. The Hall–Kier alpha value is -1.33. The van der Waals surface area contributed by atoms with Crippen LogP contribution in [0, 0.1) is 0 Å². The third-order valence-corrected chi connectivity index (χ3v) is 3.14. The Bertz CT molecular complexity index is 403. The number of aliphatic hydroxyl groups is 1. The maximum atomic E-state index is 12.4. The van der Waals surface area contributed by atoms with Gasteiger partial charge in [-0.2, -0.15) is 0 Å². The topological polar surface area (TPSA) is 54.7 Å². The van der Waals surface area contributed by atoms with Crippen molar-refractivity contribution >= 4 is 5.91 Å². The van der Waals surface area contributed by atoms with Crippen molar-refractivity contribution in [3.8, 4) is 0 Å². The monoisotopic (exact) mass is 252 g/mol. The van der Waals surface area contributed by atoms with Gasteiger partial charge in [0.1, 0.15) is 5.69 Å². The van der Waals surface area contributed by atoms with Crippen molar-refractivity contribution in [3.05, 3.63) is 24.0 Å². The standard InChI is InChI=1S/C13H20N2O3/c1-2-5-14-6-3-4-12(14)13(17)15-7-8-18-11(9-15)10-16/h3-4,6,11,16H,2,5,7-10H2,1H3. The van der Waals surface area contributed by atoms with Crippen LogP contribution in [0.1, 0.15) is 23.8 Å². The highest BCUT2D eigenvalue weighted by Gasteiger charge is 2.25. The molecule has 0 bridgehead atoms. The summed E-state index contributed by atoms with van der Waals surface area (Å²) in [4.78, 5) is 14.1. The highest BCUT2D eigenvalue weighted by Crippen LogP contribution is 2.12. The van der Waals surface area contributed by atoms with Crippen molar-refractivity contribution in [1.29, 1.82) is 0 Å². The molecule has 1 aliphatic heterocycles. The number of carbonyl (C=O) groups is 1. The molecule has 0 radical (unpaired) electrons. The van der Waals surface area contributed by atoms with Gasteiger partial charge >= 0.3 is 0 Å². The van der Waals surface area contributed by atoms with Crippen molar-refractivity contribution in [2.24, 2.45) is 0 Å². The normalized spacial score (nSPS) is 20.1. The van der Waals surface area contributed by atoms with Crippen molar-refractivity contribution in [3.63, 3.8) is 0 Å². The molecule has 1 unspecified atom stereocenters. The third kappa shape index (κ3) is 2.73. The van der Waals surface area contributed by atoms with Gasteiger partial charge < -0.3 is 19.3 Å². The molecule has 100 valence electrons. The number of ether oxygens (including phenoxy) is 1. The molecular weight excluding hydrogens is 232 g/mol. The largest absolute Gasteiger partial charge is 0.394 e. The van der Waals surface area contributed by atoms with Crippen LogP contribution in [0.15, 0.2) is 18.3 Å². The quantitative estimate of drug-likeness (QED) is 0.859. The molecule has 1 amide bonds. The van der Waals surface area contributed by atoms with E-state index >= 15 is 0 Å². The third-order valence-electron chi connectivity index (χ3n) is 3.14. The summed E-state index contributed by atoms with van der Waals surface area (Å²) in [6, 6.07) is 3.74. The Morgan fingerprint density at radius 1 is 1.61 bits per heavy atom. The fourth-order valence-electron chi connectivity index (χ4n) is 2.22. The van der Waals surface area contributed by atoms with Crippen LogP contribution in [0.3, 0.4) is 0 Å². The lowest BCUT2D eigenvalue weighted by molar-refractivity contribution is -0.0449. The molecule has 18 heavy (non-hydrogen) atoms. The zero-order chi connectivity index (χ0) is 13.0. The number of hydrogen-bond acceptors (Lipinski definition) is 3. The SMILES string of the molecule is CCCn1cccc1C(=O)N1CCOC(CO)C1. The first kappa shape index (κ1) is 13.1. The Balaban J connectivity index is 2.08. The second kappa shape index (κ2) is 6.02. The van der Waals surface area contributed by atoms with E-state index in [1.165, 1.54) is 0 Å². The van der Waals surface area contributed by atoms with Gasteiger partial charge in [0, 0.05) is 25.8 Å². The van der Waals surface area contributed by atoms with Crippen LogP contribution in [-0.2, 0) is 11.3 Å². The highest BCUT2D eigenvalue weighted by atomic mass is 16.5. The molecule has 1 fully saturated rings. The molecule has 2 heterocycles. The van der Waals surface area contributed by atoms with E-state index in [-0.39, 0.29) is 18.6 Å². The lowest BCUT2D eigenvalue weighted by Crippen LogP contribution is -2.47. The van der Waals surface area contributed by atoms with E-state index < -0.39 is 0 Å². The average Bonchev–Trinajstić information content (AvgIpc) is 2.86. The average molecular weight is 252 g/mol. The number of morpholine rings is 1. The van der Waals surface area contributed by atoms with E-state index in [9.17, 15) is 4.79 Å². The number of carbonyl (C=O) groups excluding carboxylic acids is 1. The number of amides is 1. The molecule has 2 rings (SSSR count). The molecule has 1 aromatic rings. The van der Waals surface area contributed by atoms with Crippen LogP contribution in [0.25, 0.3) is 0 Å². The second-order valence-electron chi connectivity index (χ2n) is 4.51. The van der Waals surface area contributed by atoms with Gasteiger partial charge in [0.15, 0.2) is 0 Å². The fourth-order valence-corrected chi connectivity index (χ4v) is 2.22. The van der Waals surface area contributed by atoms with Gasteiger partial charge in [0.25, 0.3) is 5.91 Å². The molecule has 0 spiro atoms. The first-order chi connectivity index (χ1) is 8.76. The Morgan fingerprint density at radius 2 is 2.44 bits per heavy atom. The van der Waals surface area contributed by atoms with Crippen molar-refractivity contribution < 1.29 is 14.6 Å². The molecule has 5 nitrogen and oxygen atoms in total. The van der Waals surface area contributed by atoms with E-state index in [0.29, 0.717) is 19.7 Å². The number of hydrogen-bond donors (Lipinski definition) is 1. The zero-order valence-electron chi connectivity index (χ0n) is 10.7. The summed E-state index contributed by atoms with van der Waals surface area (Å²) in [7, 11) is 0. The van der Waals surface area contributed by atoms with Crippen LogP contribution in [0.2, 0.25) is 0 Å². The fraction of sp³-hybridized carbons (Fsp3) is 0.615.